The standard InChI is InChI=1S/C28H33IN2O5/c29-22-12-6-7-13-24(22)36-25-18-20(28(35)30-14-15-32)17-23(27(25)34)31(21-10-4-5-11-21)26(33)16-19-8-2-1-3-9-19/h1-3,6-9,12-13,18,21,23,25,27,32,34H,4-5,10-11,14-17H2,(H,30,35). The lowest BCUT2D eigenvalue weighted by molar-refractivity contribution is -0.141. The Morgan fingerprint density at radius 3 is 2.44 bits per heavy atom. The molecule has 0 spiro atoms. The lowest BCUT2D eigenvalue weighted by Crippen LogP contribution is -2.58. The summed E-state index contributed by atoms with van der Waals surface area (Å²) in [6.07, 6.45) is 4.13. The number of amides is 2. The van der Waals surface area contributed by atoms with Crippen molar-refractivity contribution in [1.82, 2.24) is 10.2 Å². The van der Waals surface area contributed by atoms with E-state index in [9.17, 15) is 19.8 Å². The SMILES string of the molecule is O=C(NCCO)C1=CC(Oc2ccccc2I)C(O)C(N(C(=O)Cc2ccccc2)C2CCCC2)C1. The molecule has 36 heavy (non-hydrogen) atoms. The van der Waals surface area contributed by atoms with E-state index in [1.807, 2.05) is 59.5 Å². The van der Waals surface area contributed by atoms with Crippen molar-refractivity contribution in [2.45, 2.75) is 62.8 Å². The van der Waals surface area contributed by atoms with Gasteiger partial charge in [-0.2, -0.15) is 0 Å². The topological polar surface area (TPSA) is 99.1 Å². The first kappa shape index (κ1) is 26.6. The van der Waals surface area contributed by atoms with E-state index in [-0.39, 0.29) is 43.8 Å². The average molecular weight is 604 g/mol. The summed E-state index contributed by atoms with van der Waals surface area (Å²) in [7, 11) is 0. The number of benzene rings is 2. The van der Waals surface area contributed by atoms with Crippen LogP contribution in [-0.2, 0) is 16.0 Å². The van der Waals surface area contributed by atoms with Crippen LogP contribution in [0.25, 0.3) is 0 Å². The van der Waals surface area contributed by atoms with Gasteiger partial charge in [-0.15, -0.1) is 0 Å². The Bertz CT molecular complexity index is 1070. The Kier molecular flexibility index (Phi) is 9.39. The van der Waals surface area contributed by atoms with Gasteiger partial charge in [-0.1, -0.05) is 55.3 Å². The highest BCUT2D eigenvalue weighted by Gasteiger charge is 2.43. The Labute approximate surface area is 225 Å². The third-order valence-corrected chi connectivity index (χ3v) is 7.77. The van der Waals surface area contributed by atoms with E-state index in [2.05, 4.69) is 27.9 Å². The van der Waals surface area contributed by atoms with Gasteiger partial charge < -0.3 is 25.2 Å². The fourth-order valence-electron chi connectivity index (χ4n) is 5.14. The number of hydrogen-bond donors (Lipinski definition) is 3. The van der Waals surface area contributed by atoms with Gasteiger partial charge in [0.1, 0.15) is 18.0 Å². The van der Waals surface area contributed by atoms with E-state index in [1.165, 1.54) is 0 Å². The molecular weight excluding hydrogens is 571 g/mol. The lowest BCUT2D eigenvalue weighted by Gasteiger charge is -2.43. The molecule has 2 aromatic carbocycles. The molecule has 3 atom stereocenters. The molecule has 1 fully saturated rings. The summed E-state index contributed by atoms with van der Waals surface area (Å²) >= 11 is 2.17. The first-order valence-electron chi connectivity index (χ1n) is 12.5. The molecule has 0 bridgehead atoms. The van der Waals surface area contributed by atoms with Gasteiger partial charge in [-0.25, -0.2) is 0 Å². The second kappa shape index (κ2) is 12.7. The summed E-state index contributed by atoms with van der Waals surface area (Å²) in [4.78, 5) is 28.5. The Hall–Kier alpha value is -2.43. The molecule has 8 heteroatoms. The number of rotatable bonds is 9. The molecule has 2 aliphatic rings. The van der Waals surface area contributed by atoms with Gasteiger partial charge in [0.05, 0.1) is 22.6 Å². The number of aliphatic hydroxyl groups excluding tert-OH is 2. The van der Waals surface area contributed by atoms with Crippen LogP contribution in [0.5, 0.6) is 5.75 Å². The molecule has 1 saturated carbocycles. The number of carbonyl (C=O) groups is 2. The van der Waals surface area contributed by atoms with Crippen molar-refractivity contribution in [3.63, 3.8) is 0 Å². The van der Waals surface area contributed by atoms with Crippen molar-refractivity contribution < 1.29 is 24.5 Å². The summed E-state index contributed by atoms with van der Waals surface area (Å²) < 4.78 is 7.11. The fourth-order valence-corrected chi connectivity index (χ4v) is 5.65. The molecular formula is C28H33IN2O5. The predicted molar refractivity (Wildman–Crippen MR) is 145 cm³/mol. The highest BCUT2D eigenvalue weighted by molar-refractivity contribution is 14.1. The molecule has 3 N–H and O–H groups in total. The van der Waals surface area contributed by atoms with Gasteiger partial charge >= 0.3 is 0 Å². The summed E-state index contributed by atoms with van der Waals surface area (Å²) in [5, 5.41) is 23.5. The lowest BCUT2D eigenvalue weighted by atomic mass is 9.87. The zero-order chi connectivity index (χ0) is 25.5. The summed E-state index contributed by atoms with van der Waals surface area (Å²) in [6.45, 7) is -0.0399. The number of nitrogens with zero attached hydrogens (tertiary/aromatic N) is 1. The highest BCUT2D eigenvalue weighted by atomic mass is 127. The molecule has 0 saturated heterocycles. The zero-order valence-electron chi connectivity index (χ0n) is 20.2. The third kappa shape index (κ3) is 6.46. The second-order valence-corrected chi connectivity index (χ2v) is 10.5. The molecule has 0 radical (unpaired) electrons. The number of halogens is 1. The Balaban J connectivity index is 1.66. The van der Waals surface area contributed by atoms with Crippen molar-refractivity contribution in [3.8, 4) is 5.75 Å². The smallest absolute Gasteiger partial charge is 0.247 e. The van der Waals surface area contributed by atoms with E-state index in [0.717, 1.165) is 34.8 Å². The highest BCUT2D eigenvalue weighted by Crippen LogP contribution is 2.34. The van der Waals surface area contributed by atoms with E-state index < -0.39 is 18.2 Å². The van der Waals surface area contributed by atoms with E-state index in [1.54, 1.807) is 6.08 Å². The van der Waals surface area contributed by atoms with Crippen LogP contribution in [0, 0.1) is 3.57 Å². The van der Waals surface area contributed by atoms with Crippen molar-refractivity contribution in [2.24, 2.45) is 0 Å². The zero-order valence-corrected chi connectivity index (χ0v) is 22.3. The largest absolute Gasteiger partial charge is 0.482 e. The van der Waals surface area contributed by atoms with E-state index in [0.29, 0.717) is 11.3 Å². The molecule has 192 valence electrons. The van der Waals surface area contributed by atoms with Crippen molar-refractivity contribution >= 4 is 34.4 Å². The van der Waals surface area contributed by atoms with Crippen molar-refractivity contribution in [2.75, 3.05) is 13.2 Å². The van der Waals surface area contributed by atoms with E-state index >= 15 is 0 Å². The first-order chi connectivity index (χ1) is 17.5. The number of aliphatic hydroxyl groups is 2. The summed E-state index contributed by atoms with van der Waals surface area (Å²) in [6, 6.07) is 16.5. The summed E-state index contributed by atoms with van der Waals surface area (Å²) in [5.41, 5.74) is 1.36. The molecule has 2 amide bonds. The minimum atomic E-state index is -1.00. The van der Waals surface area contributed by atoms with Crippen LogP contribution in [0.1, 0.15) is 37.7 Å². The molecule has 2 aromatic rings. The minimum absolute atomic E-state index is 0.0122. The fraction of sp³-hybridized carbons (Fsp3) is 0.429. The van der Waals surface area contributed by atoms with Crippen LogP contribution in [0.3, 0.4) is 0 Å². The molecule has 2 aliphatic carbocycles. The molecule has 3 unspecified atom stereocenters. The quantitative estimate of drug-likeness (QED) is 0.382. The Morgan fingerprint density at radius 2 is 1.75 bits per heavy atom. The van der Waals surface area contributed by atoms with Crippen LogP contribution in [0.4, 0.5) is 0 Å². The van der Waals surface area contributed by atoms with Gasteiger partial charge in [-0.3, -0.25) is 9.59 Å². The Morgan fingerprint density at radius 1 is 1.06 bits per heavy atom. The van der Waals surface area contributed by atoms with Gasteiger partial charge in [0.25, 0.3) is 0 Å². The summed E-state index contributed by atoms with van der Waals surface area (Å²) in [5.74, 6) is 0.235. The average Bonchev–Trinajstić information content (AvgIpc) is 3.41. The molecule has 0 aliphatic heterocycles. The van der Waals surface area contributed by atoms with E-state index in [4.69, 9.17) is 4.74 Å². The molecule has 4 rings (SSSR count). The molecule has 0 aromatic heterocycles. The molecule has 7 nitrogen and oxygen atoms in total. The number of ether oxygens (including phenoxy) is 1. The van der Waals surface area contributed by atoms with Gasteiger partial charge in [0.2, 0.25) is 11.8 Å². The maximum atomic E-state index is 13.7. The van der Waals surface area contributed by atoms with Gasteiger partial charge in [0.15, 0.2) is 0 Å². The van der Waals surface area contributed by atoms with Crippen molar-refractivity contribution in [1.29, 1.82) is 0 Å². The van der Waals surface area contributed by atoms with Gasteiger partial charge in [0, 0.05) is 24.6 Å². The number of hydrogen-bond acceptors (Lipinski definition) is 5. The monoisotopic (exact) mass is 604 g/mol. The van der Waals surface area contributed by atoms with Gasteiger partial charge in [-0.05, 0) is 59.2 Å². The van der Waals surface area contributed by atoms with Crippen LogP contribution in [0.2, 0.25) is 0 Å². The van der Waals surface area contributed by atoms with Crippen LogP contribution in [-0.4, -0.2) is 64.4 Å². The number of carbonyl (C=O) groups excluding carboxylic acids is 2. The maximum absolute atomic E-state index is 13.7. The van der Waals surface area contributed by atoms with Crippen LogP contribution in [0.15, 0.2) is 66.2 Å². The normalized spacial score (nSPS) is 22.1. The first-order valence-corrected chi connectivity index (χ1v) is 13.6. The van der Waals surface area contributed by atoms with Crippen LogP contribution >= 0.6 is 22.6 Å². The number of para-hydroxylation sites is 1. The maximum Gasteiger partial charge on any atom is 0.247 e. The third-order valence-electron chi connectivity index (χ3n) is 6.88. The number of nitrogens with one attached hydrogen (secondary N) is 1. The minimum Gasteiger partial charge on any atom is -0.482 e. The second-order valence-electron chi connectivity index (χ2n) is 9.35. The van der Waals surface area contributed by atoms with Crippen LogP contribution < -0.4 is 10.1 Å². The van der Waals surface area contributed by atoms with Crippen molar-refractivity contribution in [3.05, 3.63) is 75.4 Å². The predicted octanol–water partition coefficient (Wildman–Crippen LogP) is 3.22. The molecule has 0 heterocycles.